The number of likely N-dealkylation sites (tertiary alicyclic amines) is 1. The SMILES string of the molecule is CCCNCC1(CN2CCCCCC2)CCCC(C)C1. The Bertz CT molecular complexity index is 258. The molecule has 118 valence electrons. The highest BCUT2D eigenvalue weighted by Gasteiger charge is 2.36. The maximum atomic E-state index is 3.74. The van der Waals surface area contributed by atoms with Gasteiger partial charge in [0.05, 0.1) is 0 Å². The molecule has 1 aliphatic heterocycles. The van der Waals surface area contributed by atoms with Crippen LogP contribution >= 0.6 is 0 Å². The van der Waals surface area contributed by atoms with Crippen LogP contribution in [-0.2, 0) is 0 Å². The lowest BCUT2D eigenvalue weighted by atomic mass is 9.69. The Hall–Kier alpha value is -0.0800. The minimum atomic E-state index is 0.567. The van der Waals surface area contributed by atoms with Gasteiger partial charge in [0.1, 0.15) is 0 Å². The highest BCUT2D eigenvalue weighted by molar-refractivity contribution is 4.90. The third-order valence-corrected chi connectivity index (χ3v) is 5.37. The second-order valence-electron chi connectivity index (χ2n) is 7.57. The van der Waals surface area contributed by atoms with Crippen LogP contribution in [0.15, 0.2) is 0 Å². The van der Waals surface area contributed by atoms with Crippen molar-refractivity contribution in [2.24, 2.45) is 11.3 Å². The molecule has 1 aliphatic carbocycles. The molecule has 0 spiro atoms. The number of hydrogen-bond donors (Lipinski definition) is 1. The van der Waals surface area contributed by atoms with Gasteiger partial charge in [-0.05, 0) is 63.1 Å². The quantitative estimate of drug-likeness (QED) is 0.738. The molecule has 2 heteroatoms. The molecule has 0 aromatic carbocycles. The first-order valence-electron chi connectivity index (χ1n) is 9.17. The van der Waals surface area contributed by atoms with Crippen molar-refractivity contribution in [3.8, 4) is 0 Å². The monoisotopic (exact) mass is 280 g/mol. The van der Waals surface area contributed by atoms with E-state index in [9.17, 15) is 0 Å². The van der Waals surface area contributed by atoms with Crippen molar-refractivity contribution in [2.45, 2.75) is 71.6 Å². The number of nitrogens with one attached hydrogen (secondary N) is 1. The zero-order chi connectivity index (χ0) is 14.3. The topological polar surface area (TPSA) is 15.3 Å². The molecule has 20 heavy (non-hydrogen) atoms. The fourth-order valence-electron chi connectivity index (χ4n) is 4.43. The van der Waals surface area contributed by atoms with Crippen molar-refractivity contribution in [3.05, 3.63) is 0 Å². The lowest BCUT2D eigenvalue weighted by Crippen LogP contribution is -2.47. The van der Waals surface area contributed by atoms with E-state index in [0.29, 0.717) is 5.41 Å². The summed E-state index contributed by atoms with van der Waals surface area (Å²) in [6.07, 6.45) is 12.8. The van der Waals surface area contributed by atoms with Gasteiger partial charge in [0.25, 0.3) is 0 Å². The summed E-state index contributed by atoms with van der Waals surface area (Å²) in [6, 6.07) is 0. The van der Waals surface area contributed by atoms with E-state index in [4.69, 9.17) is 0 Å². The summed E-state index contributed by atoms with van der Waals surface area (Å²) in [6.45, 7) is 11.2. The van der Waals surface area contributed by atoms with Gasteiger partial charge in [-0.15, -0.1) is 0 Å². The van der Waals surface area contributed by atoms with Gasteiger partial charge in [0, 0.05) is 13.1 Å². The van der Waals surface area contributed by atoms with Gasteiger partial charge in [-0.2, -0.15) is 0 Å². The Balaban J connectivity index is 1.93. The van der Waals surface area contributed by atoms with E-state index < -0.39 is 0 Å². The van der Waals surface area contributed by atoms with Crippen LogP contribution in [0.4, 0.5) is 0 Å². The average molecular weight is 280 g/mol. The normalized spacial score (nSPS) is 33.0. The van der Waals surface area contributed by atoms with E-state index in [1.54, 1.807) is 0 Å². The zero-order valence-corrected chi connectivity index (χ0v) is 13.9. The maximum absolute atomic E-state index is 3.74. The Morgan fingerprint density at radius 1 is 1.10 bits per heavy atom. The summed E-state index contributed by atoms with van der Waals surface area (Å²) >= 11 is 0. The summed E-state index contributed by atoms with van der Waals surface area (Å²) in [5.41, 5.74) is 0.567. The molecular weight excluding hydrogens is 244 g/mol. The molecule has 0 bridgehead atoms. The van der Waals surface area contributed by atoms with Gasteiger partial charge in [0.2, 0.25) is 0 Å². The lowest BCUT2D eigenvalue weighted by molar-refractivity contribution is 0.0816. The fourth-order valence-corrected chi connectivity index (χ4v) is 4.43. The maximum Gasteiger partial charge on any atom is 0.00502 e. The van der Waals surface area contributed by atoms with E-state index >= 15 is 0 Å². The van der Waals surface area contributed by atoms with Crippen molar-refractivity contribution in [1.82, 2.24) is 10.2 Å². The van der Waals surface area contributed by atoms with E-state index in [1.807, 2.05) is 0 Å². The molecule has 2 fully saturated rings. The lowest BCUT2D eigenvalue weighted by Gasteiger charge is -2.43. The summed E-state index contributed by atoms with van der Waals surface area (Å²) in [5.74, 6) is 0.930. The minimum Gasteiger partial charge on any atom is -0.316 e. The first-order chi connectivity index (χ1) is 9.74. The van der Waals surface area contributed by atoms with Crippen LogP contribution in [0.1, 0.15) is 71.6 Å². The molecule has 2 atom stereocenters. The first-order valence-corrected chi connectivity index (χ1v) is 9.17. The predicted molar refractivity (Wildman–Crippen MR) is 88.1 cm³/mol. The Labute approximate surface area is 126 Å². The molecule has 2 aliphatic rings. The van der Waals surface area contributed by atoms with Crippen molar-refractivity contribution in [2.75, 3.05) is 32.7 Å². The van der Waals surface area contributed by atoms with E-state index in [0.717, 1.165) is 5.92 Å². The second-order valence-corrected chi connectivity index (χ2v) is 7.57. The molecule has 0 aromatic heterocycles. The molecule has 2 rings (SSSR count). The van der Waals surface area contributed by atoms with Crippen molar-refractivity contribution < 1.29 is 0 Å². The van der Waals surface area contributed by atoms with Crippen LogP contribution < -0.4 is 5.32 Å². The van der Waals surface area contributed by atoms with Crippen molar-refractivity contribution in [1.29, 1.82) is 0 Å². The summed E-state index contributed by atoms with van der Waals surface area (Å²) in [5, 5.41) is 3.74. The molecule has 1 saturated heterocycles. The van der Waals surface area contributed by atoms with Crippen molar-refractivity contribution >= 4 is 0 Å². The Morgan fingerprint density at radius 2 is 1.85 bits per heavy atom. The highest BCUT2D eigenvalue weighted by atomic mass is 15.1. The van der Waals surface area contributed by atoms with Gasteiger partial charge < -0.3 is 10.2 Å². The number of rotatable bonds is 6. The largest absolute Gasteiger partial charge is 0.316 e. The summed E-state index contributed by atoms with van der Waals surface area (Å²) < 4.78 is 0. The Morgan fingerprint density at radius 3 is 2.50 bits per heavy atom. The van der Waals surface area contributed by atoms with Crippen LogP contribution in [0.25, 0.3) is 0 Å². The molecule has 0 radical (unpaired) electrons. The zero-order valence-electron chi connectivity index (χ0n) is 13.9. The third-order valence-electron chi connectivity index (χ3n) is 5.37. The first kappa shape index (κ1) is 16.3. The molecule has 2 nitrogen and oxygen atoms in total. The van der Waals surface area contributed by atoms with Crippen LogP contribution in [0.5, 0.6) is 0 Å². The van der Waals surface area contributed by atoms with Crippen LogP contribution in [0.2, 0.25) is 0 Å². The van der Waals surface area contributed by atoms with Crippen LogP contribution in [-0.4, -0.2) is 37.6 Å². The van der Waals surface area contributed by atoms with Gasteiger partial charge in [-0.1, -0.05) is 39.5 Å². The van der Waals surface area contributed by atoms with Gasteiger partial charge in [-0.3, -0.25) is 0 Å². The molecule has 0 amide bonds. The van der Waals surface area contributed by atoms with Crippen molar-refractivity contribution in [3.63, 3.8) is 0 Å². The predicted octanol–water partition coefficient (Wildman–Crippen LogP) is 4.06. The molecular formula is C18H36N2. The van der Waals surface area contributed by atoms with Gasteiger partial charge >= 0.3 is 0 Å². The summed E-state index contributed by atoms with van der Waals surface area (Å²) in [4.78, 5) is 2.79. The second kappa shape index (κ2) is 8.38. The van der Waals surface area contributed by atoms with Gasteiger partial charge in [-0.25, -0.2) is 0 Å². The third kappa shape index (κ3) is 5.04. The molecule has 1 N–H and O–H groups in total. The van der Waals surface area contributed by atoms with E-state index in [-0.39, 0.29) is 0 Å². The Kier molecular flexibility index (Phi) is 6.83. The number of hydrogen-bond acceptors (Lipinski definition) is 2. The number of nitrogens with zero attached hydrogens (tertiary/aromatic N) is 1. The molecule has 1 heterocycles. The fraction of sp³-hybridized carbons (Fsp3) is 1.00. The van der Waals surface area contributed by atoms with E-state index in [1.165, 1.54) is 90.5 Å². The summed E-state index contributed by atoms with van der Waals surface area (Å²) in [7, 11) is 0. The average Bonchev–Trinajstić information content (AvgIpc) is 2.67. The molecule has 1 saturated carbocycles. The standard InChI is InChI=1S/C18H36N2/c1-3-11-19-15-18(10-8-9-17(2)14-18)16-20-12-6-4-5-7-13-20/h17,19H,3-16H2,1-2H3. The molecule has 2 unspecified atom stereocenters. The minimum absolute atomic E-state index is 0.567. The highest BCUT2D eigenvalue weighted by Crippen LogP contribution is 2.40. The smallest absolute Gasteiger partial charge is 0.00502 e. The van der Waals surface area contributed by atoms with Crippen LogP contribution in [0.3, 0.4) is 0 Å². The van der Waals surface area contributed by atoms with Crippen LogP contribution in [0, 0.1) is 11.3 Å². The van der Waals surface area contributed by atoms with Gasteiger partial charge in [0.15, 0.2) is 0 Å². The molecule has 0 aromatic rings. The van der Waals surface area contributed by atoms with E-state index in [2.05, 4.69) is 24.1 Å².